The fourth-order valence-corrected chi connectivity index (χ4v) is 3.49. The molecule has 0 spiro atoms. The van der Waals surface area contributed by atoms with Crippen LogP contribution in [0.15, 0.2) is 22.1 Å². The van der Waals surface area contributed by atoms with E-state index in [2.05, 4.69) is 20.9 Å². The van der Waals surface area contributed by atoms with Gasteiger partial charge in [-0.05, 0) is 22.0 Å². The van der Waals surface area contributed by atoms with Crippen molar-refractivity contribution >= 4 is 56.4 Å². The molecular formula is C11H7BrCl2N2OS. The molecule has 1 heterocycles. The fraction of sp³-hybridized carbons (Fsp3) is 0.0909. The molecule has 0 radical (unpaired) electrons. The molecule has 0 atom stereocenters. The van der Waals surface area contributed by atoms with E-state index in [1.54, 1.807) is 12.1 Å². The lowest BCUT2D eigenvalue weighted by molar-refractivity contribution is -0.117. The van der Waals surface area contributed by atoms with Crippen LogP contribution < -0.4 is 5.73 Å². The summed E-state index contributed by atoms with van der Waals surface area (Å²) in [5.41, 5.74) is 6.55. The van der Waals surface area contributed by atoms with Crippen molar-refractivity contribution in [1.82, 2.24) is 4.98 Å². The summed E-state index contributed by atoms with van der Waals surface area (Å²) in [4.78, 5) is 16.1. The lowest BCUT2D eigenvalue weighted by atomic mass is 10.1. The highest BCUT2D eigenvalue weighted by atomic mass is 79.9. The van der Waals surface area contributed by atoms with Crippen molar-refractivity contribution < 1.29 is 4.79 Å². The maximum Gasteiger partial charge on any atom is 0.223 e. The van der Waals surface area contributed by atoms with Gasteiger partial charge in [-0.3, -0.25) is 4.79 Å². The summed E-state index contributed by atoms with van der Waals surface area (Å²) in [6.07, 6.45) is 0.0697. The summed E-state index contributed by atoms with van der Waals surface area (Å²) < 4.78 is 0.671. The van der Waals surface area contributed by atoms with Crippen molar-refractivity contribution in [3.8, 4) is 10.4 Å². The third-order valence-corrected chi connectivity index (χ3v) is 4.61. The van der Waals surface area contributed by atoms with Gasteiger partial charge in [-0.15, -0.1) is 11.3 Å². The normalized spacial score (nSPS) is 10.6. The van der Waals surface area contributed by atoms with Gasteiger partial charge in [-0.1, -0.05) is 35.3 Å². The lowest BCUT2D eigenvalue weighted by Crippen LogP contribution is -2.14. The number of carbonyl (C=O) groups excluding carboxylic acids is 1. The van der Waals surface area contributed by atoms with Crippen LogP contribution in [0.2, 0.25) is 10.0 Å². The number of nitrogens with zero attached hydrogens (tertiary/aromatic N) is 1. The SMILES string of the molecule is NC(=O)Cc1nc(Br)sc1-c1cccc(Cl)c1Cl. The summed E-state index contributed by atoms with van der Waals surface area (Å²) in [5.74, 6) is -0.438. The van der Waals surface area contributed by atoms with E-state index in [-0.39, 0.29) is 6.42 Å². The standard InChI is InChI=1S/C11H7BrCl2N2OS/c12-11-16-7(4-8(15)17)10(18-11)5-2-1-3-6(13)9(5)14/h1-3H,4H2,(H2,15,17). The molecule has 0 aliphatic heterocycles. The third-order valence-electron chi connectivity index (χ3n) is 2.21. The maximum atomic E-state index is 11.0. The first-order valence-corrected chi connectivity index (χ1v) is 7.23. The number of hydrogen-bond acceptors (Lipinski definition) is 3. The largest absolute Gasteiger partial charge is 0.369 e. The summed E-state index contributed by atoms with van der Waals surface area (Å²) in [7, 11) is 0. The summed E-state index contributed by atoms with van der Waals surface area (Å²) >= 11 is 16.8. The summed E-state index contributed by atoms with van der Waals surface area (Å²) in [6.45, 7) is 0. The first-order chi connectivity index (χ1) is 8.49. The van der Waals surface area contributed by atoms with Crippen LogP contribution in [0.25, 0.3) is 10.4 Å². The molecule has 1 aromatic carbocycles. The molecule has 0 saturated carbocycles. The van der Waals surface area contributed by atoms with Crippen molar-refractivity contribution in [3.63, 3.8) is 0 Å². The van der Waals surface area contributed by atoms with E-state index in [4.69, 9.17) is 28.9 Å². The Kier molecular flexibility index (Phi) is 4.27. The van der Waals surface area contributed by atoms with E-state index in [0.717, 1.165) is 10.4 Å². The molecule has 3 nitrogen and oxygen atoms in total. The van der Waals surface area contributed by atoms with Gasteiger partial charge < -0.3 is 5.73 Å². The van der Waals surface area contributed by atoms with Gasteiger partial charge in [0.1, 0.15) is 0 Å². The van der Waals surface area contributed by atoms with Gasteiger partial charge in [0.2, 0.25) is 5.91 Å². The van der Waals surface area contributed by atoms with Gasteiger partial charge in [0, 0.05) is 5.56 Å². The number of primary amides is 1. The van der Waals surface area contributed by atoms with Crippen molar-refractivity contribution in [1.29, 1.82) is 0 Å². The van der Waals surface area contributed by atoms with Crippen molar-refractivity contribution in [2.24, 2.45) is 5.73 Å². The zero-order chi connectivity index (χ0) is 13.3. The van der Waals surface area contributed by atoms with Crippen molar-refractivity contribution in [2.75, 3.05) is 0 Å². The molecule has 0 bridgehead atoms. The molecule has 0 saturated heterocycles. The highest BCUT2D eigenvalue weighted by molar-refractivity contribution is 9.11. The van der Waals surface area contributed by atoms with Crippen molar-refractivity contribution in [3.05, 3.63) is 37.9 Å². The number of carbonyl (C=O) groups is 1. The Morgan fingerprint density at radius 3 is 2.83 bits per heavy atom. The first-order valence-electron chi connectivity index (χ1n) is 4.87. The number of thiazole rings is 1. The lowest BCUT2D eigenvalue weighted by Gasteiger charge is -2.04. The quantitative estimate of drug-likeness (QED) is 0.896. The van der Waals surface area contributed by atoms with Gasteiger partial charge in [-0.2, -0.15) is 0 Å². The van der Waals surface area contributed by atoms with Crippen LogP contribution >= 0.6 is 50.5 Å². The van der Waals surface area contributed by atoms with Crippen LogP contribution in [0.1, 0.15) is 5.69 Å². The van der Waals surface area contributed by atoms with Crippen LogP contribution in [-0.4, -0.2) is 10.9 Å². The molecule has 1 aromatic heterocycles. The minimum absolute atomic E-state index is 0.0697. The predicted octanol–water partition coefficient (Wildman–Crippen LogP) is 3.91. The summed E-state index contributed by atoms with van der Waals surface area (Å²) in [6, 6.07) is 5.33. The first kappa shape index (κ1) is 13.8. The van der Waals surface area contributed by atoms with Crippen LogP contribution in [0.5, 0.6) is 0 Å². The predicted molar refractivity (Wildman–Crippen MR) is 78.2 cm³/mol. The average Bonchev–Trinajstić information content (AvgIpc) is 2.62. The molecule has 0 aliphatic rings. The zero-order valence-electron chi connectivity index (χ0n) is 8.91. The maximum absolute atomic E-state index is 11.0. The number of aromatic nitrogens is 1. The minimum Gasteiger partial charge on any atom is -0.369 e. The molecular weight excluding hydrogens is 359 g/mol. The zero-order valence-corrected chi connectivity index (χ0v) is 12.8. The molecule has 2 rings (SSSR count). The van der Waals surface area contributed by atoms with Crippen LogP contribution in [0, 0.1) is 0 Å². The fourth-order valence-electron chi connectivity index (χ4n) is 1.50. The van der Waals surface area contributed by atoms with E-state index in [9.17, 15) is 4.79 Å². The number of halogens is 3. The van der Waals surface area contributed by atoms with Gasteiger partial charge >= 0.3 is 0 Å². The Balaban J connectivity index is 2.56. The Bertz CT molecular complexity index is 615. The van der Waals surface area contributed by atoms with E-state index in [1.165, 1.54) is 11.3 Å². The van der Waals surface area contributed by atoms with E-state index in [0.29, 0.717) is 19.7 Å². The molecule has 0 fully saturated rings. The van der Waals surface area contributed by atoms with E-state index in [1.807, 2.05) is 6.07 Å². The molecule has 1 amide bonds. The number of benzene rings is 1. The number of nitrogens with two attached hydrogens (primary N) is 1. The monoisotopic (exact) mass is 364 g/mol. The van der Waals surface area contributed by atoms with E-state index >= 15 is 0 Å². The topological polar surface area (TPSA) is 56.0 Å². The van der Waals surface area contributed by atoms with Crippen molar-refractivity contribution in [2.45, 2.75) is 6.42 Å². The molecule has 2 aromatic rings. The minimum atomic E-state index is -0.438. The average molecular weight is 366 g/mol. The number of rotatable bonds is 3. The molecule has 18 heavy (non-hydrogen) atoms. The van der Waals surface area contributed by atoms with Gasteiger partial charge in [0.15, 0.2) is 3.92 Å². The Morgan fingerprint density at radius 2 is 2.17 bits per heavy atom. The second-order valence-corrected chi connectivity index (χ2v) is 6.55. The molecule has 7 heteroatoms. The smallest absolute Gasteiger partial charge is 0.223 e. The molecule has 0 aliphatic carbocycles. The Labute approximate surface area is 126 Å². The van der Waals surface area contributed by atoms with Gasteiger partial charge in [0.05, 0.1) is 27.0 Å². The number of amides is 1. The van der Waals surface area contributed by atoms with Crippen LogP contribution in [0.4, 0.5) is 0 Å². The molecule has 2 N–H and O–H groups in total. The molecule has 94 valence electrons. The van der Waals surface area contributed by atoms with Gasteiger partial charge in [-0.25, -0.2) is 4.98 Å². The highest BCUT2D eigenvalue weighted by Gasteiger charge is 2.17. The van der Waals surface area contributed by atoms with E-state index < -0.39 is 5.91 Å². The van der Waals surface area contributed by atoms with Crippen LogP contribution in [-0.2, 0) is 11.2 Å². The van der Waals surface area contributed by atoms with Crippen LogP contribution in [0.3, 0.4) is 0 Å². The van der Waals surface area contributed by atoms with Gasteiger partial charge in [0.25, 0.3) is 0 Å². The highest BCUT2D eigenvalue weighted by Crippen LogP contribution is 2.39. The summed E-state index contributed by atoms with van der Waals surface area (Å²) in [5, 5.41) is 0.907. The second-order valence-electron chi connectivity index (χ2n) is 3.49. The number of hydrogen-bond donors (Lipinski definition) is 1. The second kappa shape index (κ2) is 5.57. The third kappa shape index (κ3) is 2.85. The molecule has 0 unspecified atom stereocenters. The Hall–Kier alpha value is -0.620. The Morgan fingerprint density at radius 1 is 1.44 bits per heavy atom.